The molecular weight excluding hydrogens is 444 g/mol. The van der Waals surface area contributed by atoms with Gasteiger partial charge in [0, 0.05) is 11.8 Å². The summed E-state index contributed by atoms with van der Waals surface area (Å²) in [5, 5.41) is 6.30. The van der Waals surface area contributed by atoms with Crippen molar-refractivity contribution in [3.63, 3.8) is 0 Å². The van der Waals surface area contributed by atoms with Crippen LogP contribution in [0.15, 0.2) is 89.7 Å². The van der Waals surface area contributed by atoms with Gasteiger partial charge in [-0.05, 0) is 29.3 Å². The fraction of sp³-hybridized carbons (Fsp3) is 0.222. The third-order valence-corrected chi connectivity index (χ3v) is 6.37. The summed E-state index contributed by atoms with van der Waals surface area (Å²) in [4.78, 5) is 21.4. The van der Waals surface area contributed by atoms with Crippen molar-refractivity contribution in [2.45, 2.75) is 24.3 Å². The van der Waals surface area contributed by atoms with Crippen LogP contribution in [0.25, 0.3) is 22.4 Å². The zero-order valence-corrected chi connectivity index (χ0v) is 18.8. The molecule has 2 saturated heterocycles. The van der Waals surface area contributed by atoms with E-state index in [1.165, 1.54) is 11.8 Å². The van der Waals surface area contributed by atoms with Crippen LogP contribution in [0.4, 0.5) is 5.95 Å². The maximum absolute atomic E-state index is 12.3. The molecule has 2 aromatic heterocycles. The van der Waals surface area contributed by atoms with Gasteiger partial charge < -0.3 is 24.5 Å². The quantitative estimate of drug-likeness (QED) is 0.444. The van der Waals surface area contributed by atoms with E-state index in [2.05, 4.69) is 52.0 Å². The number of aromatic nitrogens is 2. The Morgan fingerprint density at radius 3 is 2.29 bits per heavy atom. The zero-order valence-electron chi connectivity index (χ0n) is 18.8. The van der Waals surface area contributed by atoms with Crippen LogP contribution in [0.2, 0.25) is 0 Å². The lowest BCUT2D eigenvalue weighted by atomic mass is 10.0. The fourth-order valence-corrected chi connectivity index (χ4v) is 4.61. The lowest BCUT2D eigenvalue weighted by Crippen LogP contribution is -2.44. The molecule has 8 heteroatoms. The number of hydrogen-bond acceptors (Lipinski definition) is 7. The summed E-state index contributed by atoms with van der Waals surface area (Å²) in [5.41, 5.74) is 4.17. The predicted octanol–water partition coefficient (Wildman–Crippen LogP) is 3.78. The first-order chi connectivity index (χ1) is 17.2. The van der Waals surface area contributed by atoms with Crippen LogP contribution in [0.3, 0.4) is 0 Å². The van der Waals surface area contributed by atoms with Gasteiger partial charge in [0.15, 0.2) is 5.76 Å². The van der Waals surface area contributed by atoms with Gasteiger partial charge in [-0.1, -0.05) is 54.6 Å². The Kier molecular flexibility index (Phi) is 5.73. The summed E-state index contributed by atoms with van der Waals surface area (Å²) in [5.74, 6) is 0.497. The minimum absolute atomic E-state index is 0.124. The molecule has 0 bridgehead atoms. The van der Waals surface area contributed by atoms with Crippen molar-refractivity contribution in [3.05, 3.63) is 91.0 Å². The number of furan rings is 1. The Bertz CT molecular complexity index is 1290. The number of carbonyl (C=O) groups is 1. The number of nitrogens with one attached hydrogen (secondary N) is 2. The van der Waals surface area contributed by atoms with Crippen molar-refractivity contribution < 1.29 is 18.7 Å². The number of ether oxygens (including phenoxy) is 2. The molecule has 0 radical (unpaired) electrons. The van der Waals surface area contributed by atoms with E-state index in [0.717, 1.165) is 16.8 Å². The van der Waals surface area contributed by atoms with Gasteiger partial charge in [-0.15, -0.1) is 0 Å². The van der Waals surface area contributed by atoms with Crippen molar-refractivity contribution >= 4 is 11.9 Å². The summed E-state index contributed by atoms with van der Waals surface area (Å²) in [6.45, 7) is 0.802. The van der Waals surface area contributed by atoms with Crippen molar-refractivity contribution in [2.75, 3.05) is 18.5 Å². The molecule has 35 heavy (non-hydrogen) atoms. The third kappa shape index (κ3) is 4.41. The SMILES string of the molecule is O=C(NC1COC2C(Nc3nccc(-c4ccc(-c5ccccc5)cc4)n3)COC12)c1ccco1. The van der Waals surface area contributed by atoms with Crippen LogP contribution in [0.5, 0.6) is 0 Å². The predicted molar refractivity (Wildman–Crippen MR) is 130 cm³/mol. The molecule has 8 nitrogen and oxygen atoms in total. The third-order valence-electron chi connectivity index (χ3n) is 6.37. The van der Waals surface area contributed by atoms with Gasteiger partial charge >= 0.3 is 0 Å². The van der Waals surface area contributed by atoms with Gasteiger partial charge in [0.05, 0.1) is 37.3 Å². The largest absolute Gasteiger partial charge is 0.459 e. The lowest BCUT2D eigenvalue weighted by Gasteiger charge is -2.18. The van der Waals surface area contributed by atoms with Crippen molar-refractivity contribution in [2.24, 2.45) is 0 Å². The fourth-order valence-electron chi connectivity index (χ4n) is 4.61. The van der Waals surface area contributed by atoms with E-state index in [1.54, 1.807) is 18.3 Å². The van der Waals surface area contributed by atoms with Crippen LogP contribution in [0, 0.1) is 0 Å². The van der Waals surface area contributed by atoms with Crippen LogP contribution < -0.4 is 10.6 Å². The highest BCUT2D eigenvalue weighted by Crippen LogP contribution is 2.29. The van der Waals surface area contributed by atoms with Gasteiger partial charge in [-0.3, -0.25) is 4.79 Å². The van der Waals surface area contributed by atoms with Crippen LogP contribution in [-0.2, 0) is 9.47 Å². The minimum atomic E-state index is -0.279. The molecule has 4 aromatic rings. The smallest absolute Gasteiger partial charge is 0.287 e. The molecule has 176 valence electrons. The van der Waals surface area contributed by atoms with E-state index in [0.29, 0.717) is 19.2 Å². The monoisotopic (exact) mass is 468 g/mol. The number of nitrogens with zero attached hydrogens (tertiary/aromatic N) is 2. The van der Waals surface area contributed by atoms with E-state index < -0.39 is 0 Å². The maximum Gasteiger partial charge on any atom is 0.287 e. The Morgan fingerprint density at radius 2 is 1.51 bits per heavy atom. The molecule has 2 aliphatic rings. The first kappa shape index (κ1) is 21.5. The summed E-state index contributed by atoms with van der Waals surface area (Å²) in [7, 11) is 0. The maximum atomic E-state index is 12.3. The van der Waals surface area contributed by atoms with Gasteiger partial charge in [-0.25, -0.2) is 9.97 Å². The Balaban J connectivity index is 1.12. The molecule has 2 fully saturated rings. The van der Waals surface area contributed by atoms with Gasteiger partial charge in [0.1, 0.15) is 12.2 Å². The second kappa shape index (κ2) is 9.32. The normalized spacial score (nSPS) is 23.1. The van der Waals surface area contributed by atoms with Crippen molar-refractivity contribution in [3.8, 4) is 22.4 Å². The topological polar surface area (TPSA) is 98.5 Å². The second-order valence-electron chi connectivity index (χ2n) is 8.61. The molecule has 4 heterocycles. The average molecular weight is 469 g/mol. The molecule has 6 rings (SSSR count). The first-order valence-electron chi connectivity index (χ1n) is 11.6. The highest BCUT2D eigenvalue weighted by atomic mass is 16.6. The van der Waals surface area contributed by atoms with Crippen molar-refractivity contribution in [1.29, 1.82) is 0 Å². The Hall–Kier alpha value is -4.01. The van der Waals surface area contributed by atoms with Crippen LogP contribution >= 0.6 is 0 Å². The molecule has 2 aromatic carbocycles. The van der Waals surface area contributed by atoms with E-state index in [-0.39, 0.29) is 36.0 Å². The van der Waals surface area contributed by atoms with E-state index in [1.807, 2.05) is 24.3 Å². The number of rotatable bonds is 6. The Labute approximate surface area is 202 Å². The summed E-state index contributed by atoms with van der Waals surface area (Å²) in [6.07, 6.45) is 2.75. The highest BCUT2D eigenvalue weighted by molar-refractivity contribution is 5.91. The average Bonchev–Trinajstić information content (AvgIpc) is 3.66. The zero-order chi connectivity index (χ0) is 23.6. The molecule has 2 N–H and O–H groups in total. The molecule has 4 unspecified atom stereocenters. The number of benzene rings is 2. The van der Waals surface area contributed by atoms with Gasteiger partial charge in [0.25, 0.3) is 5.91 Å². The minimum Gasteiger partial charge on any atom is -0.459 e. The molecule has 0 aliphatic carbocycles. The van der Waals surface area contributed by atoms with E-state index >= 15 is 0 Å². The van der Waals surface area contributed by atoms with Gasteiger partial charge in [-0.2, -0.15) is 0 Å². The van der Waals surface area contributed by atoms with E-state index in [4.69, 9.17) is 18.9 Å². The first-order valence-corrected chi connectivity index (χ1v) is 11.6. The molecule has 1 amide bonds. The second-order valence-corrected chi connectivity index (χ2v) is 8.61. The molecule has 2 aliphatic heterocycles. The molecule has 0 saturated carbocycles. The number of anilines is 1. The Morgan fingerprint density at radius 1 is 0.800 bits per heavy atom. The van der Waals surface area contributed by atoms with Crippen LogP contribution in [0.1, 0.15) is 10.6 Å². The summed E-state index contributed by atoms with van der Waals surface area (Å²) < 4.78 is 17.1. The number of fused-ring (bicyclic) bond motifs is 1. The van der Waals surface area contributed by atoms with Crippen LogP contribution in [-0.4, -0.2) is 53.4 Å². The number of carbonyl (C=O) groups excluding carboxylic acids is 1. The summed E-state index contributed by atoms with van der Waals surface area (Å²) in [6, 6.07) is 23.4. The highest BCUT2D eigenvalue weighted by Gasteiger charge is 2.48. The standard InChI is InChI=1S/C27H24N4O4/c32-26(23-7-4-14-33-23)29-21-15-34-25-22(16-35-24(21)25)31-27-28-13-12-20(30-27)19-10-8-18(9-11-19)17-5-2-1-3-6-17/h1-14,21-22,24-25H,15-16H2,(H,29,32)(H,28,30,31). The lowest BCUT2D eigenvalue weighted by molar-refractivity contribution is 0.0646. The number of hydrogen-bond donors (Lipinski definition) is 2. The van der Waals surface area contributed by atoms with Crippen molar-refractivity contribution in [1.82, 2.24) is 15.3 Å². The molecule has 4 atom stereocenters. The summed E-state index contributed by atoms with van der Waals surface area (Å²) >= 11 is 0. The molecular formula is C27H24N4O4. The van der Waals surface area contributed by atoms with Gasteiger partial charge in [0.2, 0.25) is 5.95 Å². The van der Waals surface area contributed by atoms with E-state index in [9.17, 15) is 4.79 Å². The molecule has 0 spiro atoms. The number of amides is 1.